The van der Waals surface area contributed by atoms with E-state index in [1.54, 1.807) is 7.11 Å². The van der Waals surface area contributed by atoms with Gasteiger partial charge in [0.15, 0.2) is 0 Å². The highest BCUT2D eigenvalue weighted by atomic mass is 16.5. The molecule has 5 nitrogen and oxygen atoms in total. The maximum Gasteiger partial charge on any atom is 0.144 e. The standard InChI is InChI=1S/C19H20N4O/c1-24-17-11-3-2-10-16(17)23-19-14(8-4-6-13-21-19)18(22-23)15-9-5-7-12-20-15/h2-3,5,7,9-12,21H,4,6,8,13H2,1H3. The quantitative estimate of drug-likeness (QED) is 0.799. The minimum atomic E-state index is 0.807. The molecule has 1 aliphatic rings. The summed E-state index contributed by atoms with van der Waals surface area (Å²) in [5, 5.41) is 8.45. The van der Waals surface area contributed by atoms with Crippen molar-refractivity contribution in [2.24, 2.45) is 0 Å². The van der Waals surface area contributed by atoms with Crippen molar-refractivity contribution in [3.63, 3.8) is 0 Å². The summed E-state index contributed by atoms with van der Waals surface area (Å²) in [6, 6.07) is 13.9. The molecule has 0 spiro atoms. The number of benzene rings is 1. The molecule has 0 fully saturated rings. The van der Waals surface area contributed by atoms with Crippen molar-refractivity contribution in [3.05, 3.63) is 54.2 Å². The van der Waals surface area contributed by atoms with Crippen LogP contribution in [0.3, 0.4) is 0 Å². The molecule has 122 valence electrons. The van der Waals surface area contributed by atoms with E-state index in [-0.39, 0.29) is 0 Å². The lowest BCUT2D eigenvalue weighted by Gasteiger charge is -2.12. The van der Waals surface area contributed by atoms with Crippen LogP contribution >= 0.6 is 0 Å². The Kier molecular flexibility index (Phi) is 3.91. The number of aromatic nitrogens is 3. The van der Waals surface area contributed by atoms with E-state index in [9.17, 15) is 0 Å². The van der Waals surface area contributed by atoms with Crippen molar-refractivity contribution in [3.8, 4) is 22.8 Å². The molecule has 0 radical (unpaired) electrons. The molecule has 4 rings (SSSR count). The fourth-order valence-corrected chi connectivity index (χ4v) is 3.19. The molecule has 0 saturated carbocycles. The first-order chi connectivity index (χ1) is 11.9. The van der Waals surface area contributed by atoms with Crippen molar-refractivity contribution >= 4 is 5.82 Å². The van der Waals surface area contributed by atoms with Gasteiger partial charge < -0.3 is 10.1 Å². The Labute approximate surface area is 141 Å². The minimum absolute atomic E-state index is 0.807. The van der Waals surface area contributed by atoms with Gasteiger partial charge in [-0.2, -0.15) is 5.10 Å². The second-order valence-corrected chi connectivity index (χ2v) is 5.86. The highest BCUT2D eigenvalue weighted by Crippen LogP contribution is 2.35. The normalized spacial score (nSPS) is 13.7. The Balaban J connectivity index is 1.93. The summed E-state index contributed by atoms with van der Waals surface area (Å²) in [5.74, 6) is 1.86. The number of para-hydroxylation sites is 2. The van der Waals surface area contributed by atoms with Crippen LogP contribution in [0.5, 0.6) is 5.75 Å². The molecule has 1 N–H and O–H groups in total. The average Bonchev–Trinajstić information content (AvgIpc) is 2.83. The van der Waals surface area contributed by atoms with Gasteiger partial charge in [0.05, 0.1) is 12.8 Å². The Bertz CT molecular complexity index is 842. The lowest BCUT2D eigenvalue weighted by molar-refractivity contribution is 0.412. The van der Waals surface area contributed by atoms with Crippen LogP contribution in [0.1, 0.15) is 18.4 Å². The van der Waals surface area contributed by atoms with Gasteiger partial charge in [0, 0.05) is 18.3 Å². The molecule has 1 aromatic carbocycles. The third-order valence-corrected chi connectivity index (χ3v) is 4.35. The van der Waals surface area contributed by atoms with E-state index in [0.29, 0.717) is 0 Å². The lowest BCUT2D eigenvalue weighted by atomic mass is 10.1. The molecular formula is C19H20N4O. The van der Waals surface area contributed by atoms with Crippen molar-refractivity contribution in [2.75, 3.05) is 19.0 Å². The Morgan fingerprint density at radius 3 is 2.79 bits per heavy atom. The predicted octanol–water partition coefficient (Wildman–Crippen LogP) is 3.69. The van der Waals surface area contributed by atoms with Crippen LogP contribution in [-0.2, 0) is 6.42 Å². The number of nitrogens with one attached hydrogen (secondary N) is 1. The molecule has 0 aliphatic carbocycles. The first-order valence-corrected chi connectivity index (χ1v) is 8.29. The van der Waals surface area contributed by atoms with Crippen LogP contribution in [-0.4, -0.2) is 28.4 Å². The van der Waals surface area contributed by atoms with Gasteiger partial charge in [0.1, 0.15) is 22.9 Å². The van der Waals surface area contributed by atoms with Gasteiger partial charge in [-0.05, 0) is 43.5 Å². The van der Waals surface area contributed by atoms with E-state index < -0.39 is 0 Å². The van der Waals surface area contributed by atoms with Gasteiger partial charge in [-0.15, -0.1) is 0 Å². The van der Waals surface area contributed by atoms with Crippen LogP contribution < -0.4 is 10.1 Å². The van der Waals surface area contributed by atoms with E-state index in [1.165, 1.54) is 5.56 Å². The number of pyridine rings is 1. The predicted molar refractivity (Wildman–Crippen MR) is 94.8 cm³/mol. The third-order valence-electron chi connectivity index (χ3n) is 4.35. The van der Waals surface area contributed by atoms with Gasteiger partial charge in [-0.1, -0.05) is 18.2 Å². The molecule has 0 bridgehead atoms. The van der Waals surface area contributed by atoms with Gasteiger partial charge in [0.2, 0.25) is 0 Å². The summed E-state index contributed by atoms with van der Waals surface area (Å²) in [6.07, 6.45) is 5.12. The van der Waals surface area contributed by atoms with E-state index in [2.05, 4.69) is 10.3 Å². The topological polar surface area (TPSA) is 52.0 Å². The summed E-state index contributed by atoms with van der Waals surface area (Å²) in [4.78, 5) is 4.50. The number of fused-ring (bicyclic) bond motifs is 1. The monoisotopic (exact) mass is 320 g/mol. The smallest absolute Gasteiger partial charge is 0.144 e. The second kappa shape index (κ2) is 6.35. The van der Waals surface area contributed by atoms with E-state index >= 15 is 0 Å². The number of hydrogen-bond acceptors (Lipinski definition) is 4. The van der Waals surface area contributed by atoms with E-state index in [1.807, 2.05) is 53.3 Å². The molecule has 3 heterocycles. The molecular weight excluding hydrogens is 300 g/mol. The lowest BCUT2D eigenvalue weighted by Crippen LogP contribution is -2.08. The number of anilines is 1. The van der Waals surface area contributed by atoms with E-state index in [0.717, 1.165) is 54.4 Å². The van der Waals surface area contributed by atoms with Crippen molar-refractivity contribution in [1.82, 2.24) is 14.8 Å². The zero-order chi connectivity index (χ0) is 16.4. The first-order valence-electron chi connectivity index (χ1n) is 8.29. The highest BCUT2D eigenvalue weighted by Gasteiger charge is 2.23. The molecule has 0 saturated heterocycles. The zero-order valence-corrected chi connectivity index (χ0v) is 13.7. The molecule has 5 heteroatoms. The number of ether oxygens (including phenoxy) is 1. The van der Waals surface area contributed by atoms with Crippen LogP contribution in [0, 0.1) is 0 Å². The number of methoxy groups -OCH3 is 1. The second-order valence-electron chi connectivity index (χ2n) is 5.86. The van der Waals surface area contributed by atoms with Crippen LogP contribution in [0.2, 0.25) is 0 Å². The molecule has 2 aromatic heterocycles. The summed E-state index contributed by atoms with van der Waals surface area (Å²) in [6.45, 7) is 0.954. The summed E-state index contributed by atoms with van der Waals surface area (Å²) in [7, 11) is 1.69. The van der Waals surface area contributed by atoms with Gasteiger partial charge in [-0.25, -0.2) is 4.68 Å². The zero-order valence-electron chi connectivity index (χ0n) is 13.7. The van der Waals surface area contributed by atoms with Crippen LogP contribution in [0.15, 0.2) is 48.7 Å². The maximum atomic E-state index is 5.53. The first kappa shape index (κ1) is 14.8. The maximum absolute atomic E-state index is 5.53. The molecule has 24 heavy (non-hydrogen) atoms. The summed E-state index contributed by atoms with van der Waals surface area (Å²) in [5.41, 5.74) is 4.03. The van der Waals surface area contributed by atoms with E-state index in [4.69, 9.17) is 9.84 Å². The Hall–Kier alpha value is -2.82. The number of nitrogens with zero attached hydrogens (tertiary/aromatic N) is 3. The summed E-state index contributed by atoms with van der Waals surface area (Å²) >= 11 is 0. The molecule has 1 aliphatic heterocycles. The largest absolute Gasteiger partial charge is 0.494 e. The van der Waals surface area contributed by atoms with Gasteiger partial charge in [-0.3, -0.25) is 4.98 Å². The Morgan fingerprint density at radius 2 is 1.96 bits per heavy atom. The van der Waals surface area contributed by atoms with Crippen LogP contribution in [0.25, 0.3) is 17.1 Å². The van der Waals surface area contributed by atoms with Crippen molar-refractivity contribution in [1.29, 1.82) is 0 Å². The summed E-state index contributed by atoms with van der Waals surface area (Å²) < 4.78 is 7.49. The van der Waals surface area contributed by atoms with Gasteiger partial charge >= 0.3 is 0 Å². The van der Waals surface area contributed by atoms with Gasteiger partial charge in [0.25, 0.3) is 0 Å². The molecule has 3 aromatic rings. The highest BCUT2D eigenvalue weighted by molar-refractivity contribution is 5.69. The Morgan fingerprint density at radius 1 is 1.08 bits per heavy atom. The average molecular weight is 320 g/mol. The van der Waals surface area contributed by atoms with Crippen molar-refractivity contribution in [2.45, 2.75) is 19.3 Å². The molecule has 0 unspecified atom stereocenters. The number of hydrogen-bond donors (Lipinski definition) is 1. The fourth-order valence-electron chi connectivity index (χ4n) is 3.19. The SMILES string of the molecule is COc1ccccc1-n1nc(-c2ccccn2)c2c1NCCCC2. The number of rotatable bonds is 3. The minimum Gasteiger partial charge on any atom is -0.494 e. The molecule has 0 amide bonds. The third kappa shape index (κ3) is 2.52. The van der Waals surface area contributed by atoms with Crippen molar-refractivity contribution < 1.29 is 4.74 Å². The van der Waals surface area contributed by atoms with Crippen LogP contribution in [0.4, 0.5) is 5.82 Å². The molecule has 0 atom stereocenters. The fraction of sp³-hybridized carbons (Fsp3) is 0.263.